The number of hydrogen-bond donors (Lipinski definition) is 3. The largest absolute Gasteiger partial charge is 0.369 e. The van der Waals surface area contributed by atoms with E-state index in [0.29, 0.717) is 23.4 Å². The fraction of sp³-hybridized carbons (Fsp3) is 0.409. The number of hydrogen-bond acceptors (Lipinski definition) is 9. The summed E-state index contributed by atoms with van der Waals surface area (Å²) in [5.41, 5.74) is 7.42. The average molecular weight is 501 g/mol. The lowest BCUT2D eigenvalue weighted by Crippen LogP contribution is -2.48. The molecule has 2 fully saturated rings. The Kier molecular flexibility index (Phi) is 5.38. The van der Waals surface area contributed by atoms with E-state index in [1.54, 1.807) is 34.0 Å². The van der Waals surface area contributed by atoms with Crippen molar-refractivity contribution in [2.75, 3.05) is 19.6 Å². The molecule has 0 amide bonds. The predicted molar refractivity (Wildman–Crippen MR) is 135 cm³/mol. The lowest BCUT2D eigenvalue weighted by Gasteiger charge is -2.31. The SMILES string of the molecule is Cc1csc([C@]2(CN)[C@@H]3CN(C4C=NC(SC5C=CNC(n6cccn6)=C5Cl)=CN4)C[C@@H]32)n1. The van der Waals surface area contributed by atoms with Crippen molar-refractivity contribution in [3.63, 3.8) is 0 Å². The Bertz CT molecular complexity index is 1150. The van der Waals surface area contributed by atoms with Crippen LogP contribution in [0.4, 0.5) is 0 Å². The van der Waals surface area contributed by atoms with E-state index in [9.17, 15) is 0 Å². The molecule has 3 aliphatic heterocycles. The van der Waals surface area contributed by atoms with E-state index in [-0.39, 0.29) is 16.8 Å². The maximum Gasteiger partial charge on any atom is 0.147 e. The summed E-state index contributed by atoms with van der Waals surface area (Å²) >= 11 is 10.0. The second-order valence-corrected chi connectivity index (χ2v) is 11.2. The van der Waals surface area contributed by atoms with Gasteiger partial charge in [-0.2, -0.15) is 5.10 Å². The third-order valence-corrected chi connectivity index (χ3v) is 9.79. The molecule has 8 nitrogen and oxygen atoms in total. The van der Waals surface area contributed by atoms with Gasteiger partial charge in [0.1, 0.15) is 22.0 Å². The molecule has 4 N–H and O–H groups in total. The molecule has 11 heteroatoms. The van der Waals surface area contributed by atoms with Gasteiger partial charge in [-0.1, -0.05) is 23.4 Å². The van der Waals surface area contributed by atoms with E-state index >= 15 is 0 Å². The van der Waals surface area contributed by atoms with Gasteiger partial charge >= 0.3 is 0 Å². The molecule has 172 valence electrons. The van der Waals surface area contributed by atoms with Crippen LogP contribution in [0, 0.1) is 18.8 Å². The van der Waals surface area contributed by atoms with Crippen LogP contribution in [-0.4, -0.2) is 56.9 Å². The quantitative estimate of drug-likeness (QED) is 0.560. The number of aliphatic imine (C=N–C) groups is 1. The first-order chi connectivity index (χ1) is 16.1. The Morgan fingerprint density at radius 2 is 2.21 bits per heavy atom. The number of likely N-dealkylation sites (tertiary alicyclic amines) is 1. The number of aryl methyl sites for hydroxylation is 1. The summed E-state index contributed by atoms with van der Waals surface area (Å²) in [6.45, 7) is 4.76. The van der Waals surface area contributed by atoms with Gasteiger partial charge in [0.25, 0.3) is 0 Å². The summed E-state index contributed by atoms with van der Waals surface area (Å²) in [7, 11) is 0. The Morgan fingerprint density at radius 3 is 2.85 bits per heavy atom. The number of dihydropyridines is 1. The van der Waals surface area contributed by atoms with Crippen molar-refractivity contribution >= 4 is 46.7 Å². The van der Waals surface area contributed by atoms with Crippen molar-refractivity contribution < 1.29 is 0 Å². The average Bonchev–Trinajstić information content (AvgIpc) is 3.39. The summed E-state index contributed by atoms with van der Waals surface area (Å²) in [6.07, 6.45) is 11.6. The van der Waals surface area contributed by atoms with E-state index in [4.69, 9.17) is 27.3 Å². The highest BCUT2D eigenvalue weighted by Gasteiger charge is 2.69. The molecule has 0 radical (unpaired) electrons. The summed E-state index contributed by atoms with van der Waals surface area (Å²) in [5, 5.41) is 15.9. The van der Waals surface area contributed by atoms with Crippen LogP contribution >= 0.6 is 34.7 Å². The molecule has 1 saturated heterocycles. The highest BCUT2D eigenvalue weighted by Crippen LogP contribution is 2.63. The molecule has 5 atom stereocenters. The zero-order valence-electron chi connectivity index (χ0n) is 18.1. The van der Waals surface area contributed by atoms with Crippen LogP contribution in [0.1, 0.15) is 10.7 Å². The number of rotatable bonds is 6. The number of nitrogens with two attached hydrogens (primary N) is 1. The maximum absolute atomic E-state index is 6.67. The normalized spacial score (nSPS) is 33.0. The van der Waals surface area contributed by atoms with Gasteiger partial charge in [0.05, 0.1) is 10.3 Å². The van der Waals surface area contributed by atoms with Crippen molar-refractivity contribution in [2.24, 2.45) is 22.6 Å². The highest BCUT2D eigenvalue weighted by atomic mass is 35.5. The first kappa shape index (κ1) is 21.4. The van der Waals surface area contributed by atoms with Crippen molar-refractivity contribution in [1.29, 1.82) is 0 Å². The molecule has 0 spiro atoms. The topological polar surface area (TPSA) is 96.4 Å². The molecule has 5 heterocycles. The maximum atomic E-state index is 6.67. The van der Waals surface area contributed by atoms with Crippen molar-refractivity contribution in [2.45, 2.75) is 23.8 Å². The Balaban J connectivity index is 1.08. The van der Waals surface area contributed by atoms with Crippen LogP contribution in [0.25, 0.3) is 5.82 Å². The minimum Gasteiger partial charge on any atom is -0.369 e. The van der Waals surface area contributed by atoms with Crippen LogP contribution < -0.4 is 16.4 Å². The lowest BCUT2D eigenvalue weighted by atomic mass is 10.0. The van der Waals surface area contributed by atoms with Gasteiger partial charge in [0.2, 0.25) is 0 Å². The van der Waals surface area contributed by atoms with Gasteiger partial charge in [0.15, 0.2) is 0 Å². The number of fused-ring (bicyclic) bond motifs is 1. The highest BCUT2D eigenvalue weighted by molar-refractivity contribution is 8.04. The third kappa shape index (κ3) is 3.55. The van der Waals surface area contributed by atoms with Gasteiger partial charge in [-0.25, -0.2) is 14.7 Å². The molecule has 1 saturated carbocycles. The van der Waals surface area contributed by atoms with E-state index in [2.05, 4.69) is 32.9 Å². The monoisotopic (exact) mass is 500 g/mol. The molecule has 33 heavy (non-hydrogen) atoms. The van der Waals surface area contributed by atoms with Crippen LogP contribution in [0.15, 0.2) is 57.4 Å². The molecular formula is C22H25ClN8S2. The smallest absolute Gasteiger partial charge is 0.147 e. The number of nitrogens with one attached hydrogen (secondary N) is 2. The molecule has 2 unspecified atom stereocenters. The Hall–Kier alpha value is -2.11. The van der Waals surface area contributed by atoms with Gasteiger partial charge < -0.3 is 16.4 Å². The molecule has 2 aromatic heterocycles. The van der Waals surface area contributed by atoms with Gasteiger partial charge in [-0.05, 0) is 37.1 Å². The molecule has 1 aliphatic carbocycles. The van der Waals surface area contributed by atoms with Crippen LogP contribution in [0.3, 0.4) is 0 Å². The molecule has 2 aromatic rings. The van der Waals surface area contributed by atoms with Crippen LogP contribution in [0.5, 0.6) is 0 Å². The first-order valence-electron chi connectivity index (χ1n) is 11.0. The van der Waals surface area contributed by atoms with Gasteiger partial charge in [0, 0.05) is 60.9 Å². The molecule has 0 aromatic carbocycles. The predicted octanol–water partition coefficient (Wildman–Crippen LogP) is 2.49. The Morgan fingerprint density at radius 1 is 1.36 bits per heavy atom. The minimum atomic E-state index is -0.0276. The van der Waals surface area contributed by atoms with E-state index in [0.717, 1.165) is 29.6 Å². The first-order valence-corrected chi connectivity index (χ1v) is 13.1. The van der Waals surface area contributed by atoms with Crippen molar-refractivity contribution in [3.05, 3.63) is 63.1 Å². The van der Waals surface area contributed by atoms with E-state index in [1.165, 1.54) is 5.01 Å². The zero-order valence-corrected chi connectivity index (χ0v) is 20.4. The zero-order chi connectivity index (χ0) is 22.6. The molecule has 0 bridgehead atoms. The number of aromatic nitrogens is 3. The number of piperidine rings is 1. The van der Waals surface area contributed by atoms with Gasteiger partial charge in [-0.15, -0.1) is 11.3 Å². The van der Waals surface area contributed by atoms with E-state index < -0.39 is 0 Å². The minimum absolute atomic E-state index is 0.0276. The summed E-state index contributed by atoms with van der Waals surface area (Å²) in [6, 6.07) is 1.87. The molecule has 4 aliphatic rings. The number of thiazole rings is 1. The standard InChI is InChI=1S/C22H25ClN8S2/c1-13-11-32-21(29-13)22(12-24)14-9-30(10-15(14)22)17-7-27-18(8-26-17)33-16-3-5-25-20(19(16)23)31-6-2-4-28-31/h2-8,11,14-17,25-26H,9-10,12,24H2,1H3/t14-,15+,16?,17?,22-. The van der Waals surface area contributed by atoms with Crippen molar-refractivity contribution in [1.82, 2.24) is 30.3 Å². The van der Waals surface area contributed by atoms with Crippen molar-refractivity contribution in [3.8, 4) is 0 Å². The summed E-state index contributed by atoms with van der Waals surface area (Å²) in [4.78, 5) is 12.0. The summed E-state index contributed by atoms with van der Waals surface area (Å²) in [5.74, 6) is 1.92. The lowest BCUT2D eigenvalue weighted by molar-refractivity contribution is 0.230. The number of nitrogens with zero attached hydrogens (tertiary/aromatic N) is 5. The van der Waals surface area contributed by atoms with Gasteiger partial charge in [-0.3, -0.25) is 4.90 Å². The van der Waals surface area contributed by atoms with Crippen LogP contribution in [0.2, 0.25) is 0 Å². The second kappa shape index (κ2) is 8.28. The molecular weight excluding hydrogens is 476 g/mol. The fourth-order valence-corrected chi connectivity index (χ4v) is 7.59. The number of thioether (sulfide) groups is 1. The summed E-state index contributed by atoms with van der Waals surface area (Å²) < 4.78 is 1.74. The number of halogens is 1. The molecule has 6 rings (SSSR count). The fourth-order valence-electron chi connectivity index (χ4n) is 5.21. The second-order valence-electron chi connectivity index (χ2n) is 8.77. The third-order valence-electron chi connectivity index (χ3n) is 6.98. The van der Waals surface area contributed by atoms with Crippen LogP contribution in [-0.2, 0) is 5.41 Å². The van der Waals surface area contributed by atoms with E-state index in [1.807, 2.05) is 37.0 Å². The Labute approximate surface area is 205 Å².